The molecule has 0 heterocycles. The van der Waals surface area contributed by atoms with Crippen molar-refractivity contribution in [2.24, 2.45) is 4.99 Å². The van der Waals surface area contributed by atoms with Gasteiger partial charge in [0, 0.05) is 32.7 Å². The van der Waals surface area contributed by atoms with E-state index >= 15 is 0 Å². The van der Waals surface area contributed by atoms with Gasteiger partial charge in [0.1, 0.15) is 0 Å². The molecule has 1 aliphatic rings. The number of hydrogen-bond donors (Lipinski definition) is 2. The fourth-order valence-corrected chi connectivity index (χ4v) is 3.45. The lowest BCUT2D eigenvalue weighted by atomic mass is 9.94. The fraction of sp³-hybridized carbons (Fsp3) is 0.650. The number of guanidine groups is 1. The summed E-state index contributed by atoms with van der Waals surface area (Å²) in [6, 6.07) is 9.52. The quantitative estimate of drug-likeness (QED) is 0.367. The molecule has 0 spiro atoms. The van der Waals surface area contributed by atoms with Gasteiger partial charge < -0.3 is 10.6 Å². The van der Waals surface area contributed by atoms with Crippen molar-refractivity contribution in [3.05, 3.63) is 35.4 Å². The molecule has 1 aromatic rings. The second kappa shape index (κ2) is 12.5. The van der Waals surface area contributed by atoms with Crippen LogP contribution in [0.4, 0.5) is 0 Å². The SMILES string of the molecule is CCCNC(=NC)NCc1ccccc1CN(C)C1CCCCC1.I. The third kappa shape index (κ3) is 7.52. The van der Waals surface area contributed by atoms with Gasteiger partial charge in [0.2, 0.25) is 0 Å². The highest BCUT2D eigenvalue weighted by molar-refractivity contribution is 14.0. The summed E-state index contributed by atoms with van der Waals surface area (Å²) >= 11 is 0. The summed E-state index contributed by atoms with van der Waals surface area (Å²) in [4.78, 5) is 6.83. The summed E-state index contributed by atoms with van der Waals surface area (Å²) in [5.41, 5.74) is 2.78. The van der Waals surface area contributed by atoms with Crippen molar-refractivity contribution < 1.29 is 0 Å². The van der Waals surface area contributed by atoms with Gasteiger partial charge in [-0.25, -0.2) is 0 Å². The second-order valence-corrected chi connectivity index (χ2v) is 6.83. The molecule has 0 unspecified atom stereocenters. The smallest absolute Gasteiger partial charge is 0.191 e. The number of nitrogens with one attached hydrogen (secondary N) is 2. The van der Waals surface area contributed by atoms with Crippen LogP contribution in [-0.4, -0.2) is 37.5 Å². The van der Waals surface area contributed by atoms with Crippen molar-refractivity contribution in [3.63, 3.8) is 0 Å². The van der Waals surface area contributed by atoms with Crippen LogP contribution in [0.15, 0.2) is 29.3 Å². The summed E-state index contributed by atoms with van der Waals surface area (Å²) in [7, 11) is 4.11. The van der Waals surface area contributed by atoms with Gasteiger partial charge in [-0.15, -0.1) is 24.0 Å². The Morgan fingerprint density at radius 2 is 1.80 bits per heavy atom. The number of halogens is 1. The number of rotatable bonds is 7. The largest absolute Gasteiger partial charge is 0.356 e. The maximum absolute atomic E-state index is 4.29. The standard InChI is InChI=1S/C20H34N4.HI/c1-4-14-22-20(21-2)23-15-17-10-8-9-11-18(17)16-24(3)19-12-6-5-7-13-19;/h8-11,19H,4-7,12-16H2,1-3H3,(H2,21,22,23);1H. The lowest BCUT2D eigenvalue weighted by molar-refractivity contribution is 0.184. The van der Waals surface area contributed by atoms with Crippen LogP contribution in [0.3, 0.4) is 0 Å². The highest BCUT2D eigenvalue weighted by Gasteiger charge is 2.18. The van der Waals surface area contributed by atoms with Crippen LogP contribution in [0.5, 0.6) is 0 Å². The number of hydrogen-bond acceptors (Lipinski definition) is 2. The zero-order valence-corrected chi connectivity index (χ0v) is 18.4. The Labute approximate surface area is 170 Å². The minimum atomic E-state index is 0. The van der Waals surface area contributed by atoms with E-state index in [2.05, 4.69) is 58.8 Å². The average Bonchev–Trinajstić information content (AvgIpc) is 2.63. The maximum atomic E-state index is 4.29. The number of benzene rings is 1. The second-order valence-electron chi connectivity index (χ2n) is 6.83. The van der Waals surface area contributed by atoms with Gasteiger partial charge in [-0.2, -0.15) is 0 Å². The zero-order valence-electron chi connectivity index (χ0n) is 16.1. The normalized spacial score (nSPS) is 15.8. The van der Waals surface area contributed by atoms with Crippen LogP contribution in [0.1, 0.15) is 56.6 Å². The Bertz CT molecular complexity index is 512. The first-order valence-corrected chi connectivity index (χ1v) is 9.46. The van der Waals surface area contributed by atoms with Gasteiger partial charge in [-0.1, -0.05) is 50.5 Å². The van der Waals surface area contributed by atoms with Crippen molar-refractivity contribution in [2.45, 2.75) is 64.6 Å². The molecule has 1 aliphatic carbocycles. The molecule has 0 amide bonds. The Kier molecular flexibility index (Phi) is 11.1. The topological polar surface area (TPSA) is 39.7 Å². The van der Waals surface area contributed by atoms with Crippen LogP contribution < -0.4 is 10.6 Å². The molecule has 0 atom stereocenters. The first-order chi connectivity index (χ1) is 11.7. The number of nitrogens with zero attached hydrogens (tertiary/aromatic N) is 2. The van der Waals surface area contributed by atoms with Gasteiger partial charge in [0.25, 0.3) is 0 Å². The highest BCUT2D eigenvalue weighted by Crippen LogP contribution is 2.23. The average molecular weight is 458 g/mol. The van der Waals surface area contributed by atoms with E-state index in [0.29, 0.717) is 0 Å². The fourth-order valence-electron chi connectivity index (χ4n) is 3.45. The van der Waals surface area contributed by atoms with Crippen LogP contribution in [0.2, 0.25) is 0 Å². The van der Waals surface area contributed by atoms with E-state index in [0.717, 1.165) is 38.1 Å². The molecule has 142 valence electrons. The Morgan fingerprint density at radius 3 is 2.44 bits per heavy atom. The van der Waals surface area contributed by atoms with Crippen LogP contribution >= 0.6 is 24.0 Å². The van der Waals surface area contributed by atoms with E-state index in [9.17, 15) is 0 Å². The zero-order chi connectivity index (χ0) is 17.2. The third-order valence-corrected chi connectivity index (χ3v) is 4.95. The molecule has 1 fully saturated rings. The Balaban J connectivity index is 0.00000312. The first-order valence-electron chi connectivity index (χ1n) is 9.46. The van der Waals surface area contributed by atoms with Gasteiger partial charge in [-0.3, -0.25) is 9.89 Å². The summed E-state index contributed by atoms with van der Waals surface area (Å²) in [6.07, 6.45) is 7.99. The lowest BCUT2D eigenvalue weighted by Crippen LogP contribution is -2.37. The molecule has 0 saturated heterocycles. The van der Waals surface area contributed by atoms with Crippen molar-refractivity contribution in [1.29, 1.82) is 0 Å². The van der Waals surface area contributed by atoms with E-state index in [4.69, 9.17) is 0 Å². The van der Waals surface area contributed by atoms with E-state index in [1.165, 1.54) is 43.2 Å². The molecule has 25 heavy (non-hydrogen) atoms. The minimum Gasteiger partial charge on any atom is -0.356 e. The first kappa shape index (κ1) is 22.2. The molecule has 2 rings (SSSR count). The van der Waals surface area contributed by atoms with E-state index in [1.54, 1.807) is 0 Å². The predicted octanol–water partition coefficient (Wildman–Crippen LogP) is 4.14. The Morgan fingerprint density at radius 1 is 1.12 bits per heavy atom. The van der Waals surface area contributed by atoms with Crippen LogP contribution in [0, 0.1) is 0 Å². The summed E-state index contributed by atoms with van der Waals surface area (Å²) in [5, 5.41) is 6.76. The molecule has 1 saturated carbocycles. The third-order valence-electron chi connectivity index (χ3n) is 4.95. The van der Waals surface area contributed by atoms with Gasteiger partial charge >= 0.3 is 0 Å². The van der Waals surface area contributed by atoms with Crippen molar-refractivity contribution in [2.75, 3.05) is 20.6 Å². The molecule has 0 aliphatic heterocycles. The molecule has 4 nitrogen and oxygen atoms in total. The monoisotopic (exact) mass is 458 g/mol. The van der Waals surface area contributed by atoms with Crippen LogP contribution in [0.25, 0.3) is 0 Å². The van der Waals surface area contributed by atoms with E-state index < -0.39 is 0 Å². The Hall–Kier alpha value is -0.820. The summed E-state index contributed by atoms with van der Waals surface area (Å²) < 4.78 is 0. The molecular weight excluding hydrogens is 423 g/mol. The van der Waals surface area contributed by atoms with Gasteiger partial charge in [-0.05, 0) is 37.4 Å². The summed E-state index contributed by atoms with van der Waals surface area (Å²) in [5.74, 6) is 0.882. The number of aliphatic imine (C=N–C) groups is 1. The van der Waals surface area contributed by atoms with Crippen molar-refractivity contribution in [3.8, 4) is 0 Å². The minimum absolute atomic E-state index is 0. The van der Waals surface area contributed by atoms with E-state index in [1.807, 2.05) is 7.05 Å². The predicted molar refractivity (Wildman–Crippen MR) is 119 cm³/mol. The molecule has 0 bridgehead atoms. The molecule has 0 aromatic heterocycles. The maximum Gasteiger partial charge on any atom is 0.191 e. The molecule has 0 radical (unpaired) electrons. The van der Waals surface area contributed by atoms with E-state index in [-0.39, 0.29) is 24.0 Å². The van der Waals surface area contributed by atoms with Crippen LogP contribution in [-0.2, 0) is 13.1 Å². The van der Waals surface area contributed by atoms with Crippen molar-refractivity contribution >= 4 is 29.9 Å². The van der Waals surface area contributed by atoms with Crippen molar-refractivity contribution in [1.82, 2.24) is 15.5 Å². The molecule has 5 heteroatoms. The lowest BCUT2D eigenvalue weighted by Gasteiger charge is -2.31. The summed E-state index contributed by atoms with van der Waals surface area (Å²) in [6.45, 7) is 4.96. The molecular formula is C20H35IN4. The molecule has 2 N–H and O–H groups in total. The van der Waals surface area contributed by atoms with Gasteiger partial charge in [0.05, 0.1) is 0 Å². The highest BCUT2D eigenvalue weighted by atomic mass is 127. The van der Waals surface area contributed by atoms with Gasteiger partial charge in [0.15, 0.2) is 5.96 Å². The molecule has 1 aromatic carbocycles.